The summed E-state index contributed by atoms with van der Waals surface area (Å²) >= 11 is 0. The van der Waals surface area contributed by atoms with E-state index in [4.69, 9.17) is 8.83 Å². The zero-order valence-corrected chi connectivity index (χ0v) is 84.9. The van der Waals surface area contributed by atoms with E-state index in [0.717, 1.165) is 34.8 Å². The van der Waals surface area contributed by atoms with Gasteiger partial charge in [0.15, 0.2) is 0 Å². The van der Waals surface area contributed by atoms with Gasteiger partial charge in [-0.2, -0.15) is 0 Å². The van der Waals surface area contributed by atoms with Crippen LogP contribution in [0.5, 0.6) is 0 Å². The molecule has 0 saturated heterocycles. The Hall–Kier alpha value is -11.1. The monoisotopic (exact) mass is 1790 g/mol. The molecule has 10 aromatic carbocycles. The van der Waals surface area contributed by atoms with E-state index in [1.54, 1.807) is 11.3 Å². The molecule has 6 fully saturated rings. The summed E-state index contributed by atoms with van der Waals surface area (Å²) in [6.07, 6.45) is 18.7. The lowest BCUT2D eigenvalue weighted by atomic mass is 9.47. The molecule has 3 spiro atoms. The zero-order valence-electron chi connectivity index (χ0n) is 84.9. The normalized spacial score (nSPS) is 27.1. The SMILES string of the molecule is Cc1cccc2c1N1C(C)c3c(c4ccccc4n3C)C1(C)C(C)(C)C2(C)C.Cc1cccc2c1N1C(C)c3c(c4ccccc4n3C)C1(C)C(C)(C)C2(C)C.Cc1ccccc1N1C(C)c2c(c3ccccc3n2C)C12C1CC3CC(C1)CC2C3.Cc1ccccc1N1C(C)c2oc3ccccc3c2C12CCCC2.Cc1ccccc1N1C(C)c2oc3ccccc3c2C12CCCCC2. The fourth-order valence-electron chi connectivity index (χ4n) is 32.4. The lowest BCUT2D eigenvalue weighted by Crippen LogP contribution is -2.62. The number of aromatic nitrogens is 3. The number of aryl methyl sites for hydroxylation is 8. The van der Waals surface area contributed by atoms with Crippen molar-refractivity contribution >= 4 is 83.1 Å². The smallest absolute Gasteiger partial charge is 0.134 e. The molecule has 15 aromatic rings. The molecule has 6 aliphatic carbocycles. The van der Waals surface area contributed by atoms with E-state index in [1.807, 2.05) is 0 Å². The number of furan rings is 2. The summed E-state index contributed by atoms with van der Waals surface area (Å²) in [4.78, 5) is 13.8. The van der Waals surface area contributed by atoms with Crippen molar-refractivity contribution in [2.75, 3.05) is 24.5 Å². The lowest BCUT2D eigenvalue weighted by Gasteiger charge is -2.64. The number of hydrogen-bond donors (Lipinski definition) is 0. The Morgan fingerprint density at radius 3 is 0.963 bits per heavy atom. The highest BCUT2D eigenvalue weighted by atomic mass is 16.3. The van der Waals surface area contributed by atoms with Gasteiger partial charge in [-0.1, -0.05) is 269 Å². The van der Waals surface area contributed by atoms with Crippen LogP contribution < -0.4 is 24.5 Å². The molecule has 0 amide bonds. The molecule has 5 aromatic heterocycles. The Morgan fingerprint density at radius 1 is 0.281 bits per heavy atom. The average Bonchev–Trinajstić information content (AvgIpc) is 1.51. The van der Waals surface area contributed by atoms with E-state index < -0.39 is 0 Å². The first kappa shape index (κ1) is 87.9. The Kier molecular flexibility index (Phi) is 20.0. The summed E-state index contributed by atoms with van der Waals surface area (Å²) in [6, 6.07) is 86.5. The Labute approximate surface area is 803 Å². The van der Waals surface area contributed by atoms with Crippen molar-refractivity contribution in [1.82, 2.24) is 13.7 Å². The van der Waals surface area contributed by atoms with E-state index in [2.05, 4.69) is 428 Å². The third-order valence-corrected chi connectivity index (χ3v) is 39.7. The zero-order chi connectivity index (χ0) is 94.0. The van der Waals surface area contributed by atoms with Gasteiger partial charge in [0.25, 0.3) is 0 Å². The van der Waals surface area contributed by atoms with Gasteiger partial charge in [-0.05, 0) is 263 Å². The highest BCUT2D eigenvalue weighted by molar-refractivity contribution is 5.95. The molecule has 7 aliphatic heterocycles. The molecule has 696 valence electrons. The number of anilines is 5. The minimum Gasteiger partial charge on any atom is -0.458 e. The van der Waals surface area contributed by atoms with Crippen LogP contribution in [0.3, 0.4) is 0 Å². The second-order valence-corrected chi connectivity index (χ2v) is 46.3. The van der Waals surface area contributed by atoms with Crippen LogP contribution in [0.25, 0.3) is 54.6 Å². The second kappa shape index (κ2) is 30.7. The summed E-state index contributed by atoms with van der Waals surface area (Å²) in [5.41, 5.74) is 35.8. The predicted octanol–water partition coefficient (Wildman–Crippen LogP) is 32.5. The number of fused-ring (bicyclic) bond motifs is 25. The minimum absolute atomic E-state index is 0.0461. The molecule has 28 rings (SSSR count). The fraction of sp³-hybridized carbons (Fsp3) is 0.440. The van der Waals surface area contributed by atoms with Crippen molar-refractivity contribution in [3.05, 3.63) is 326 Å². The number of hydrogen-bond acceptors (Lipinski definition) is 7. The van der Waals surface area contributed by atoms with Gasteiger partial charge in [-0.15, -0.1) is 0 Å². The fourth-order valence-corrected chi connectivity index (χ4v) is 32.4. The molecule has 7 atom stereocenters. The van der Waals surface area contributed by atoms with Gasteiger partial charge in [-0.25, -0.2) is 0 Å². The van der Waals surface area contributed by atoms with Gasteiger partial charge in [0, 0.05) is 149 Å². The van der Waals surface area contributed by atoms with E-state index in [-0.39, 0.29) is 61.4 Å². The van der Waals surface area contributed by atoms with Crippen LogP contribution in [0.15, 0.2) is 239 Å². The first-order valence-corrected chi connectivity index (χ1v) is 51.8. The molecule has 12 heterocycles. The Balaban J connectivity index is 0.0000000953. The van der Waals surface area contributed by atoms with E-state index in [0.29, 0.717) is 18.1 Å². The first-order valence-electron chi connectivity index (χ1n) is 51.8. The number of nitrogens with zero attached hydrogens (tertiary/aromatic N) is 8. The van der Waals surface area contributed by atoms with Crippen molar-refractivity contribution in [2.24, 2.45) is 55.6 Å². The topological polar surface area (TPSA) is 57.3 Å². The van der Waals surface area contributed by atoms with Gasteiger partial charge in [0.1, 0.15) is 22.7 Å². The molecule has 10 heteroatoms. The van der Waals surface area contributed by atoms with E-state index in [1.165, 1.54) is 246 Å². The second-order valence-electron chi connectivity index (χ2n) is 46.3. The third-order valence-electron chi connectivity index (χ3n) is 39.7. The molecule has 13 aliphatic rings. The van der Waals surface area contributed by atoms with Gasteiger partial charge in [0.2, 0.25) is 0 Å². The van der Waals surface area contributed by atoms with Crippen LogP contribution in [-0.2, 0) is 59.7 Å². The molecule has 0 radical (unpaired) electrons. The maximum Gasteiger partial charge on any atom is 0.134 e. The van der Waals surface area contributed by atoms with Crippen LogP contribution in [0.4, 0.5) is 28.4 Å². The van der Waals surface area contributed by atoms with Crippen molar-refractivity contribution in [2.45, 2.75) is 297 Å². The molecule has 6 saturated carbocycles. The molecular weight excluding hydrogens is 1650 g/mol. The first-order chi connectivity index (χ1) is 64.7. The molecule has 10 nitrogen and oxygen atoms in total. The highest BCUT2D eigenvalue weighted by Crippen LogP contribution is 2.74. The van der Waals surface area contributed by atoms with Crippen molar-refractivity contribution < 1.29 is 8.83 Å². The van der Waals surface area contributed by atoms with Gasteiger partial charge in [0.05, 0.1) is 57.9 Å². The highest BCUT2D eigenvalue weighted by Gasteiger charge is 2.70. The molecule has 0 N–H and O–H groups in total. The maximum atomic E-state index is 6.40. The average molecular weight is 1790 g/mol. The van der Waals surface area contributed by atoms with E-state index in [9.17, 15) is 0 Å². The number of benzene rings is 10. The molecule has 4 bridgehead atoms. The third kappa shape index (κ3) is 11.5. The molecule has 7 unspecified atom stereocenters. The van der Waals surface area contributed by atoms with Crippen molar-refractivity contribution in [1.29, 1.82) is 0 Å². The molecule has 135 heavy (non-hydrogen) atoms. The summed E-state index contributed by atoms with van der Waals surface area (Å²) < 4.78 is 20.2. The van der Waals surface area contributed by atoms with Gasteiger partial charge < -0.3 is 47.0 Å². The largest absolute Gasteiger partial charge is 0.458 e. The molecular formula is C125H144N8O2. The summed E-state index contributed by atoms with van der Waals surface area (Å²) in [7, 11) is 6.80. The minimum atomic E-state index is -0.0781. The summed E-state index contributed by atoms with van der Waals surface area (Å²) in [6.45, 7) is 47.9. The van der Waals surface area contributed by atoms with Crippen LogP contribution in [-0.4, -0.2) is 13.7 Å². The van der Waals surface area contributed by atoms with Crippen LogP contribution in [0.2, 0.25) is 0 Å². The number of rotatable bonds is 3. The van der Waals surface area contributed by atoms with Crippen molar-refractivity contribution in [3.8, 4) is 0 Å². The lowest BCUT2D eigenvalue weighted by molar-refractivity contribution is -0.0596. The van der Waals surface area contributed by atoms with E-state index >= 15 is 0 Å². The summed E-state index contributed by atoms with van der Waals surface area (Å²) in [5.74, 6) is 5.91. The van der Waals surface area contributed by atoms with Crippen LogP contribution >= 0.6 is 0 Å². The standard InChI is InChI=1S/C28H32N2.2C26H32N2.C23H25NO.C22H23NO/c1-17-8-4-6-10-24(17)30-18(2)27-26(23-9-5-7-11-25(23)29(27)3)28(30)21-13-19-12-20(15-21)16-22(28)14-19;2*1-16-12-11-14-19-22(16)28-17(2)23-21(18-13-9-10-15-20(18)27(23)8)26(28,7)25(5,6)24(19,3)4;1-16-10-4-6-12-19(16)24-17(2)22-21(23(24)14-8-3-9-15-23)18-11-5-7-13-20(18)25-22;1-15-9-3-5-11-18(15)23-16(2)21-20(22(23)13-7-8-14-22)17-10-4-6-12-19(17)24-21/h4-11,18-22H,12-16H2,1-3H3;2*9-15,17H,1-8H3;4-7,10-13,17H,3,8-9,14-15H2,1-2H3;3-6,9-12,16H,7-8,13-14H2,1-2H3. The number of para-hydroxylation sites is 10. The summed E-state index contributed by atoms with van der Waals surface area (Å²) in [5, 5.41) is 6.99. The van der Waals surface area contributed by atoms with Gasteiger partial charge in [-0.3, -0.25) is 0 Å². The maximum absolute atomic E-state index is 6.40. The van der Waals surface area contributed by atoms with Gasteiger partial charge >= 0.3 is 0 Å². The predicted molar refractivity (Wildman–Crippen MR) is 564 cm³/mol. The van der Waals surface area contributed by atoms with Crippen LogP contribution in [0.1, 0.15) is 319 Å². The van der Waals surface area contributed by atoms with Crippen LogP contribution in [0, 0.1) is 69.1 Å². The Morgan fingerprint density at radius 2 is 0.585 bits per heavy atom. The Bertz CT molecular complexity index is 7060. The quantitative estimate of drug-likeness (QED) is 0.175. The van der Waals surface area contributed by atoms with Crippen molar-refractivity contribution in [3.63, 3.8) is 0 Å².